The van der Waals surface area contributed by atoms with Crippen molar-refractivity contribution in [3.05, 3.63) is 76.4 Å². The predicted molar refractivity (Wildman–Crippen MR) is 103 cm³/mol. The summed E-state index contributed by atoms with van der Waals surface area (Å²) in [6.07, 6.45) is 8.16. The van der Waals surface area contributed by atoms with Crippen LogP contribution in [0.4, 0.5) is 0 Å². The Morgan fingerprint density at radius 1 is 1.00 bits per heavy atom. The molecule has 0 aliphatic heterocycles. The molecule has 2 aromatic rings. The number of nitrogens with one attached hydrogen (secondary N) is 1. The Bertz CT molecular complexity index is 883. The highest BCUT2D eigenvalue weighted by molar-refractivity contribution is 6.16. The lowest BCUT2D eigenvalue weighted by molar-refractivity contribution is 0.103. The number of hydrogen-bond acceptors (Lipinski definition) is 3. The predicted octanol–water partition coefficient (Wildman–Crippen LogP) is 4.80. The van der Waals surface area contributed by atoms with Crippen molar-refractivity contribution in [2.45, 2.75) is 44.2 Å². The van der Waals surface area contributed by atoms with E-state index < -0.39 is 0 Å². The summed E-state index contributed by atoms with van der Waals surface area (Å²) in [5.74, 6) is 0.110. The third-order valence-electron chi connectivity index (χ3n) is 5.46. The van der Waals surface area contributed by atoms with Crippen LogP contribution in [0.25, 0.3) is 6.08 Å². The Labute approximate surface area is 154 Å². The fourth-order valence-corrected chi connectivity index (χ4v) is 4.08. The Hall–Kier alpha value is -2.70. The van der Waals surface area contributed by atoms with Gasteiger partial charge in [0.1, 0.15) is 0 Å². The van der Waals surface area contributed by atoms with Crippen molar-refractivity contribution in [1.82, 2.24) is 5.32 Å². The highest BCUT2D eigenvalue weighted by atomic mass is 16.1. The molecule has 0 bridgehead atoms. The van der Waals surface area contributed by atoms with Crippen LogP contribution in [-0.2, 0) is 0 Å². The van der Waals surface area contributed by atoms with Gasteiger partial charge in [-0.05, 0) is 42.2 Å². The molecule has 1 saturated carbocycles. The molecule has 3 heteroatoms. The maximum Gasteiger partial charge on any atom is 0.191 e. The first-order valence-corrected chi connectivity index (χ1v) is 9.37. The van der Waals surface area contributed by atoms with Crippen LogP contribution in [0.5, 0.6) is 0 Å². The van der Waals surface area contributed by atoms with E-state index in [9.17, 15) is 4.79 Å². The van der Waals surface area contributed by atoms with Gasteiger partial charge in [0.05, 0.1) is 17.7 Å². The molecule has 2 aromatic carbocycles. The maximum atomic E-state index is 13.0. The highest BCUT2D eigenvalue weighted by Crippen LogP contribution is 2.38. The largest absolute Gasteiger partial charge is 0.303 e. The molecule has 2 aliphatic carbocycles. The van der Waals surface area contributed by atoms with Crippen LogP contribution in [0.3, 0.4) is 0 Å². The molecule has 26 heavy (non-hydrogen) atoms. The van der Waals surface area contributed by atoms with Crippen LogP contribution >= 0.6 is 0 Å². The zero-order chi connectivity index (χ0) is 17.9. The van der Waals surface area contributed by atoms with E-state index in [-0.39, 0.29) is 11.8 Å². The molecule has 1 fully saturated rings. The summed E-state index contributed by atoms with van der Waals surface area (Å²) < 4.78 is 0. The van der Waals surface area contributed by atoms with Gasteiger partial charge in [0.15, 0.2) is 5.78 Å². The molecule has 1 atom stereocenters. The molecule has 3 nitrogen and oxygen atoms in total. The summed E-state index contributed by atoms with van der Waals surface area (Å²) in [7, 11) is 0. The first-order chi connectivity index (χ1) is 12.8. The van der Waals surface area contributed by atoms with E-state index in [1.807, 2.05) is 36.4 Å². The minimum atomic E-state index is -0.0440. The summed E-state index contributed by atoms with van der Waals surface area (Å²) >= 11 is 0. The summed E-state index contributed by atoms with van der Waals surface area (Å²) in [6, 6.07) is 17.9. The molecule has 4 rings (SSSR count). The van der Waals surface area contributed by atoms with E-state index in [0.717, 1.165) is 22.3 Å². The molecule has 0 aromatic heterocycles. The summed E-state index contributed by atoms with van der Waals surface area (Å²) in [5.41, 5.74) is 4.28. The zero-order valence-corrected chi connectivity index (χ0v) is 14.7. The lowest BCUT2D eigenvalue weighted by Gasteiger charge is -2.27. The van der Waals surface area contributed by atoms with Gasteiger partial charge in [-0.2, -0.15) is 5.26 Å². The molecule has 130 valence electrons. The van der Waals surface area contributed by atoms with E-state index >= 15 is 0 Å². The van der Waals surface area contributed by atoms with Crippen LogP contribution in [-0.4, -0.2) is 11.8 Å². The average Bonchev–Trinajstić information content (AvgIpc) is 2.95. The van der Waals surface area contributed by atoms with E-state index in [1.54, 1.807) is 12.1 Å². The van der Waals surface area contributed by atoms with Gasteiger partial charge in [0.25, 0.3) is 0 Å². The maximum absolute atomic E-state index is 13.0. The smallest absolute Gasteiger partial charge is 0.191 e. The second-order valence-electron chi connectivity index (χ2n) is 7.18. The second-order valence-corrected chi connectivity index (χ2v) is 7.18. The van der Waals surface area contributed by atoms with E-state index in [4.69, 9.17) is 5.26 Å². The molecule has 2 aliphatic rings. The molecular weight excluding hydrogens is 320 g/mol. The number of nitriles is 1. The number of hydrogen-bond donors (Lipinski definition) is 1. The fourth-order valence-electron chi connectivity index (χ4n) is 4.08. The normalized spacial score (nSPS) is 21.6. The minimum absolute atomic E-state index is 0.0440. The standard InChI is InChI=1S/C23H22N2O/c24-15-17-12-10-16(11-13-17)14-21-22(25-18-6-2-1-3-7-18)19-8-4-5-9-20(19)23(21)26/h4-5,8-14,18,22,25H,1-3,6-7H2/b21-14+. The first-order valence-electron chi connectivity index (χ1n) is 9.37. The monoisotopic (exact) mass is 342 g/mol. The number of nitrogens with zero attached hydrogens (tertiary/aromatic N) is 1. The van der Waals surface area contributed by atoms with Crippen LogP contribution in [0.1, 0.15) is 65.2 Å². The van der Waals surface area contributed by atoms with Crippen molar-refractivity contribution in [2.24, 2.45) is 0 Å². The number of carbonyl (C=O) groups excluding carboxylic acids is 1. The Kier molecular flexibility index (Phi) is 4.69. The Balaban J connectivity index is 1.69. The van der Waals surface area contributed by atoms with Gasteiger partial charge in [-0.15, -0.1) is 0 Å². The number of Topliss-reactive ketones (excluding diaryl/α,β-unsaturated/α-hetero) is 1. The molecule has 0 spiro atoms. The van der Waals surface area contributed by atoms with Crippen molar-refractivity contribution < 1.29 is 4.79 Å². The second kappa shape index (κ2) is 7.27. The topological polar surface area (TPSA) is 52.9 Å². The molecule has 0 saturated heterocycles. The van der Waals surface area contributed by atoms with Gasteiger partial charge in [-0.3, -0.25) is 4.79 Å². The lowest BCUT2D eigenvalue weighted by atomic mass is 9.93. The molecule has 0 amide bonds. The quantitative estimate of drug-likeness (QED) is 0.815. The van der Waals surface area contributed by atoms with Crippen LogP contribution in [0, 0.1) is 11.3 Å². The molecule has 1 unspecified atom stereocenters. The van der Waals surface area contributed by atoms with Gasteiger partial charge in [0.2, 0.25) is 0 Å². The Morgan fingerprint density at radius 2 is 1.73 bits per heavy atom. The first kappa shape index (κ1) is 16.8. The average molecular weight is 342 g/mol. The molecule has 1 N–H and O–H groups in total. The zero-order valence-electron chi connectivity index (χ0n) is 14.7. The van der Waals surface area contributed by atoms with Crippen LogP contribution in [0.2, 0.25) is 0 Å². The highest BCUT2D eigenvalue weighted by Gasteiger charge is 2.35. The summed E-state index contributed by atoms with van der Waals surface area (Å²) in [6.45, 7) is 0. The Morgan fingerprint density at radius 3 is 2.46 bits per heavy atom. The van der Waals surface area contributed by atoms with Crippen molar-refractivity contribution in [1.29, 1.82) is 5.26 Å². The van der Waals surface area contributed by atoms with Gasteiger partial charge < -0.3 is 5.32 Å². The van der Waals surface area contributed by atoms with Gasteiger partial charge in [-0.1, -0.05) is 55.7 Å². The number of ketones is 1. The van der Waals surface area contributed by atoms with E-state index in [2.05, 4.69) is 17.5 Å². The number of rotatable bonds is 3. The van der Waals surface area contributed by atoms with Crippen LogP contribution < -0.4 is 5.32 Å². The van der Waals surface area contributed by atoms with Gasteiger partial charge in [-0.25, -0.2) is 0 Å². The van der Waals surface area contributed by atoms with Crippen molar-refractivity contribution in [3.8, 4) is 6.07 Å². The fraction of sp³-hybridized carbons (Fsp3) is 0.304. The van der Waals surface area contributed by atoms with E-state index in [1.165, 1.54) is 32.1 Å². The summed E-state index contributed by atoms with van der Waals surface area (Å²) in [5, 5.41) is 12.7. The minimum Gasteiger partial charge on any atom is -0.303 e. The number of benzene rings is 2. The lowest BCUT2D eigenvalue weighted by Crippen LogP contribution is -2.34. The third-order valence-corrected chi connectivity index (χ3v) is 5.46. The van der Waals surface area contributed by atoms with Crippen molar-refractivity contribution >= 4 is 11.9 Å². The third kappa shape index (κ3) is 3.21. The number of fused-ring (bicyclic) bond motifs is 1. The van der Waals surface area contributed by atoms with Gasteiger partial charge in [0, 0.05) is 17.2 Å². The van der Waals surface area contributed by atoms with Crippen LogP contribution in [0.15, 0.2) is 54.1 Å². The van der Waals surface area contributed by atoms with Crippen molar-refractivity contribution in [2.75, 3.05) is 0 Å². The summed E-state index contributed by atoms with van der Waals surface area (Å²) in [4.78, 5) is 13.0. The van der Waals surface area contributed by atoms with Crippen molar-refractivity contribution in [3.63, 3.8) is 0 Å². The molecule has 0 radical (unpaired) electrons. The number of carbonyl (C=O) groups is 1. The van der Waals surface area contributed by atoms with E-state index in [0.29, 0.717) is 11.6 Å². The molecular formula is C23H22N2O. The van der Waals surface area contributed by atoms with Gasteiger partial charge >= 0.3 is 0 Å². The SMILES string of the molecule is N#Cc1ccc(/C=C2/C(=O)c3ccccc3C2NC2CCCCC2)cc1. The molecule has 0 heterocycles.